The first kappa shape index (κ1) is 31.0. The number of aromatic hydroxyl groups is 1. The average molecular weight is 569 g/mol. The number of aromatic nitrogens is 1. The van der Waals surface area contributed by atoms with E-state index >= 15 is 0 Å². The van der Waals surface area contributed by atoms with E-state index in [0.29, 0.717) is 18.6 Å². The van der Waals surface area contributed by atoms with E-state index in [-0.39, 0.29) is 29.7 Å². The Morgan fingerprint density at radius 3 is 2.55 bits per heavy atom. The van der Waals surface area contributed by atoms with E-state index < -0.39 is 0 Å². The number of ether oxygens (including phenoxy) is 1. The molecule has 2 N–H and O–H groups in total. The zero-order valence-electron chi connectivity index (χ0n) is 25.5. The summed E-state index contributed by atoms with van der Waals surface area (Å²) in [5, 5.41) is 14.0. The summed E-state index contributed by atoms with van der Waals surface area (Å²) in [6, 6.07) is 12.3. The van der Waals surface area contributed by atoms with Crippen LogP contribution in [0, 0.1) is 13.8 Å². The molecule has 0 aliphatic carbocycles. The predicted octanol–water partition coefficient (Wildman–Crippen LogP) is 7.85. The summed E-state index contributed by atoms with van der Waals surface area (Å²) in [7, 11) is 1.50. The second kappa shape index (κ2) is 14.8. The van der Waals surface area contributed by atoms with Crippen molar-refractivity contribution in [2.75, 3.05) is 19.0 Å². The van der Waals surface area contributed by atoms with Crippen LogP contribution >= 0.6 is 0 Å². The van der Waals surface area contributed by atoms with Crippen molar-refractivity contribution in [3.8, 4) is 11.5 Å². The summed E-state index contributed by atoms with van der Waals surface area (Å²) in [5.74, 6) is 1.29. The monoisotopic (exact) mass is 568 g/mol. The van der Waals surface area contributed by atoms with Crippen LogP contribution in [0.4, 0.5) is 5.82 Å². The number of Topliss-reactive ketones (excluding diaryl/α,β-unsaturated/α-hetero) is 1. The van der Waals surface area contributed by atoms with Crippen LogP contribution in [0.2, 0.25) is 0 Å². The first-order valence-electron chi connectivity index (χ1n) is 15.2. The predicted molar refractivity (Wildman–Crippen MR) is 170 cm³/mol. The smallest absolute Gasteiger partial charge is 0.163 e. The van der Waals surface area contributed by atoms with E-state index in [9.17, 15) is 14.7 Å². The molecule has 1 aliphatic rings. The normalized spacial score (nSPS) is 14.4. The van der Waals surface area contributed by atoms with Crippen molar-refractivity contribution in [1.82, 2.24) is 4.98 Å². The number of phenolic OH excluding ortho intramolecular Hbond substituents is 1. The molecule has 1 aliphatic heterocycles. The van der Waals surface area contributed by atoms with Crippen molar-refractivity contribution in [2.45, 2.75) is 84.5 Å². The van der Waals surface area contributed by atoms with Crippen LogP contribution in [0.25, 0.3) is 6.08 Å². The number of nitrogens with one attached hydrogen (secondary N) is 1. The molecule has 42 heavy (non-hydrogen) atoms. The molecule has 4 rings (SSSR count). The maximum Gasteiger partial charge on any atom is 0.163 e. The quantitative estimate of drug-likeness (QED) is 0.117. The molecule has 3 aromatic rings. The Balaban J connectivity index is 1.53. The molecule has 6 nitrogen and oxygen atoms in total. The Labute approximate surface area is 250 Å². The van der Waals surface area contributed by atoms with E-state index in [4.69, 9.17) is 9.72 Å². The number of nitrogens with zero attached hydrogens (tertiary/aromatic N) is 1. The molecule has 0 radical (unpaired) electrons. The van der Waals surface area contributed by atoms with E-state index in [1.165, 1.54) is 41.9 Å². The zero-order valence-corrected chi connectivity index (χ0v) is 25.5. The zero-order chi connectivity index (χ0) is 30.1. The Morgan fingerprint density at radius 1 is 1.05 bits per heavy atom. The van der Waals surface area contributed by atoms with Gasteiger partial charge in [0.25, 0.3) is 0 Å². The largest absolute Gasteiger partial charge is 0.504 e. The minimum absolute atomic E-state index is 0.0169. The first-order valence-corrected chi connectivity index (χ1v) is 15.2. The molecular weight excluding hydrogens is 524 g/mol. The van der Waals surface area contributed by atoms with Crippen LogP contribution in [-0.4, -0.2) is 35.3 Å². The highest BCUT2D eigenvalue weighted by atomic mass is 16.5. The summed E-state index contributed by atoms with van der Waals surface area (Å²) >= 11 is 0. The third kappa shape index (κ3) is 8.31. The topological polar surface area (TPSA) is 88.5 Å². The van der Waals surface area contributed by atoms with Gasteiger partial charge >= 0.3 is 0 Å². The van der Waals surface area contributed by atoms with Crippen molar-refractivity contribution in [3.63, 3.8) is 0 Å². The number of hydrogen-bond acceptors (Lipinski definition) is 6. The van der Waals surface area contributed by atoms with Crippen molar-refractivity contribution in [1.29, 1.82) is 0 Å². The number of allylic oxidation sites excluding steroid dienone is 1. The molecule has 0 unspecified atom stereocenters. The van der Waals surface area contributed by atoms with Gasteiger partial charge in [-0.25, -0.2) is 4.98 Å². The maximum absolute atomic E-state index is 12.6. The number of fused-ring (bicyclic) bond motifs is 1. The number of ketones is 2. The number of benzene rings is 2. The van der Waals surface area contributed by atoms with Crippen LogP contribution in [-0.2, 0) is 16.0 Å². The number of carbonyl (C=O) groups excluding carboxylic acids is 2. The van der Waals surface area contributed by atoms with Crippen LogP contribution < -0.4 is 10.1 Å². The lowest BCUT2D eigenvalue weighted by Gasteiger charge is -2.27. The van der Waals surface area contributed by atoms with Gasteiger partial charge in [-0.3, -0.25) is 9.59 Å². The van der Waals surface area contributed by atoms with Crippen LogP contribution in [0.5, 0.6) is 11.5 Å². The van der Waals surface area contributed by atoms with Gasteiger partial charge in [-0.1, -0.05) is 68.0 Å². The van der Waals surface area contributed by atoms with Gasteiger partial charge in [0, 0.05) is 30.6 Å². The van der Waals surface area contributed by atoms with Crippen LogP contribution in [0.3, 0.4) is 0 Å². The second-order valence-electron chi connectivity index (χ2n) is 11.5. The Kier molecular flexibility index (Phi) is 10.9. The average Bonchev–Trinajstić information content (AvgIpc) is 2.95. The molecule has 0 bridgehead atoms. The van der Waals surface area contributed by atoms with Crippen molar-refractivity contribution in [3.05, 3.63) is 87.6 Å². The molecule has 0 saturated carbocycles. The van der Waals surface area contributed by atoms with Crippen LogP contribution in [0.1, 0.15) is 103 Å². The summed E-state index contributed by atoms with van der Waals surface area (Å²) in [5.41, 5.74) is 7.58. The Morgan fingerprint density at radius 2 is 1.81 bits per heavy atom. The standard InChI is InChI=1S/C36H44N2O4/c1-5-6-7-8-9-10-30(39)22-31(40)12-11-27-21-35(42-4)34(41)20-28(27)18-26-19-33-32(13-14-37-36(33)38-23-26)29-16-24(2)15-25(3)17-29/h11-12,15-17,19-21,23,32,41H,5-10,13-14,18,22H2,1-4H3,(H,37,38)/b12-11+/t32-/m0/s1. The Hall–Kier alpha value is -3.93. The van der Waals surface area contributed by atoms with E-state index in [1.54, 1.807) is 18.2 Å². The fourth-order valence-corrected chi connectivity index (χ4v) is 5.85. The van der Waals surface area contributed by atoms with Gasteiger partial charge in [0.15, 0.2) is 17.3 Å². The third-order valence-corrected chi connectivity index (χ3v) is 7.94. The van der Waals surface area contributed by atoms with Gasteiger partial charge in [-0.05, 0) is 79.6 Å². The highest BCUT2D eigenvalue weighted by molar-refractivity contribution is 6.06. The highest BCUT2D eigenvalue weighted by Gasteiger charge is 2.24. The number of phenols is 1. The molecule has 222 valence electrons. The van der Waals surface area contributed by atoms with Gasteiger partial charge < -0.3 is 15.2 Å². The van der Waals surface area contributed by atoms with Crippen molar-refractivity contribution in [2.24, 2.45) is 0 Å². The van der Waals surface area contributed by atoms with Crippen molar-refractivity contribution >= 4 is 23.5 Å². The molecule has 0 fully saturated rings. The molecule has 0 spiro atoms. The summed E-state index contributed by atoms with van der Waals surface area (Å²) in [4.78, 5) is 29.7. The van der Waals surface area contributed by atoms with Gasteiger partial charge in [-0.2, -0.15) is 0 Å². The van der Waals surface area contributed by atoms with E-state index in [1.807, 2.05) is 6.20 Å². The molecule has 1 aromatic heterocycles. The number of rotatable bonds is 14. The molecule has 0 amide bonds. The number of methoxy groups -OCH3 is 1. The lowest BCUT2D eigenvalue weighted by molar-refractivity contribution is -0.124. The molecular formula is C36H44N2O4. The molecule has 2 heterocycles. The van der Waals surface area contributed by atoms with E-state index in [2.05, 4.69) is 50.4 Å². The molecule has 6 heteroatoms. The fourth-order valence-electron chi connectivity index (χ4n) is 5.85. The van der Waals surface area contributed by atoms with Gasteiger partial charge in [0.05, 0.1) is 13.5 Å². The number of aryl methyl sites for hydroxylation is 2. The maximum atomic E-state index is 12.6. The minimum Gasteiger partial charge on any atom is -0.504 e. The molecule has 0 saturated heterocycles. The Bertz CT molecular complexity index is 1420. The minimum atomic E-state index is -0.218. The number of carbonyl (C=O) groups is 2. The van der Waals surface area contributed by atoms with E-state index in [0.717, 1.165) is 61.2 Å². The number of pyridine rings is 1. The number of unbranched alkanes of at least 4 members (excludes halogenated alkanes) is 4. The van der Waals surface area contributed by atoms with Gasteiger partial charge in [0.2, 0.25) is 0 Å². The number of anilines is 1. The molecule has 1 atom stereocenters. The van der Waals surface area contributed by atoms with Gasteiger partial charge in [-0.15, -0.1) is 0 Å². The summed E-state index contributed by atoms with van der Waals surface area (Å²) in [6.45, 7) is 7.30. The lowest BCUT2D eigenvalue weighted by atomic mass is 9.84. The third-order valence-electron chi connectivity index (χ3n) is 7.94. The summed E-state index contributed by atoms with van der Waals surface area (Å²) in [6.07, 6.45) is 12.3. The SMILES string of the molecule is CCCCCCCC(=O)CC(=O)/C=C/c1cc(OC)c(O)cc1Cc1cnc2c(c1)[C@H](c1cc(C)cc(C)c1)CCN2. The number of hydrogen-bond donors (Lipinski definition) is 2. The van der Waals surface area contributed by atoms with Crippen LogP contribution in [0.15, 0.2) is 48.7 Å². The van der Waals surface area contributed by atoms with Gasteiger partial charge in [0.1, 0.15) is 11.6 Å². The first-order chi connectivity index (χ1) is 20.3. The lowest BCUT2D eigenvalue weighted by Crippen LogP contribution is -2.19. The second-order valence-corrected chi connectivity index (χ2v) is 11.5. The summed E-state index contributed by atoms with van der Waals surface area (Å²) < 4.78 is 5.35. The highest BCUT2D eigenvalue weighted by Crippen LogP contribution is 2.38. The van der Waals surface area contributed by atoms with Crippen molar-refractivity contribution < 1.29 is 19.4 Å². The fraction of sp³-hybridized carbons (Fsp3) is 0.417. The molecule has 2 aromatic carbocycles.